The zero-order valence-corrected chi connectivity index (χ0v) is 12.6. The van der Waals surface area contributed by atoms with Crippen LogP contribution in [-0.2, 0) is 20.6 Å². The predicted molar refractivity (Wildman–Crippen MR) is 73.5 cm³/mol. The van der Waals surface area contributed by atoms with Gasteiger partial charge in [-0.05, 0) is 26.7 Å². The van der Waals surface area contributed by atoms with Crippen LogP contribution in [0.3, 0.4) is 0 Å². The molecule has 0 aromatic carbocycles. The summed E-state index contributed by atoms with van der Waals surface area (Å²) in [6.07, 6.45) is 2.84. The molecule has 0 spiro atoms. The number of carbonyl (C=O) groups excluding carboxylic acids is 1. The predicted octanol–water partition coefficient (Wildman–Crippen LogP) is 1.65. The average molecular weight is 300 g/mol. The molecule has 0 amide bonds. The minimum absolute atomic E-state index is 0.0226. The Balaban J connectivity index is 2.15. The number of aromatic nitrogens is 1. The molecule has 1 aromatic rings. The summed E-state index contributed by atoms with van der Waals surface area (Å²) in [6.45, 7) is 3.71. The lowest BCUT2D eigenvalue weighted by Crippen LogP contribution is -2.45. The molecule has 0 radical (unpaired) electrons. The Labute approximate surface area is 119 Å². The number of rotatable bonds is 5. The lowest BCUT2D eigenvalue weighted by Gasteiger charge is -2.34. The molecule has 0 aliphatic carbocycles. The summed E-state index contributed by atoms with van der Waals surface area (Å²) in [6, 6.07) is 1.42. The van der Waals surface area contributed by atoms with E-state index in [0.717, 1.165) is 19.3 Å². The maximum atomic E-state index is 12.5. The van der Waals surface area contributed by atoms with Crippen molar-refractivity contribution in [3.63, 3.8) is 0 Å². The Morgan fingerprint density at radius 2 is 2.25 bits per heavy atom. The van der Waals surface area contributed by atoms with E-state index in [9.17, 15) is 13.2 Å². The summed E-state index contributed by atoms with van der Waals surface area (Å²) in [5.74, 6) is 0.446. The normalized spacial score (nSPS) is 21.0. The first-order valence-electron chi connectivity index (χ1n) is 6.79. The van der Waals surface area contributed by atoms with Crippen molar-refractivity contribution >= 4 is 15.8 Å². The Morgan fingerprint density at radius 3 is 2.85 bits per heavy atom. The van der Waals surface area contributed by atoms with Crippen LogP contribution >= 0.6 is 0 Å². The van der Waals surface area contributed by atoms with Crippen molar-refractivity contribution in [2.24, 2.45) is 0 Å². The number of aryl methyl sites for hydroxylation is 1. The molecule has 2 rings (SSSR count). The zero-order chi connectivity index (χ0) is 14.8. The number of hydrogen-bond donors (Lipinski definition) is 0. The van der Waals surface area contributed by atoms with Crippen LogP contribution in [0, 0.1) is 6.92 Å². The molecule has 1 aliphatic rings. The number of carbonyl (C=O) groups is 1. The van der Waals surface area contributed by atoms with E-state index in [4.69, 9.17) is 4.52 Å². The minimum Gasteiger partial charge on any atom is -0.361 e. The molecule has 0 saturated carbocycles. The van der Waals surface area contributed by atoms with Crippen LogP contribution in [0.2, 0.25) is 0 Å². The van der Waals surface area contributed by atoms with Crippen molar-refractivity contribution < 1.29 is 17.7 Å². The van der Waals surface area contributed by atoms with E-state index >= 15 is 0 Å². The molecule has 1 fully saturated rings. The molecular formula is C13H20N2O4S. The fourth-order valence-corrected chi connectivity index (χ4v) is 4.35. The highest BCUT2D eigenvalue weighted by Gasteiger charge is 2.33. The molecule has 0 bridgehead atoms. The van der Waals surface area contributed by atoms with Gasteiger partial charge in [-0.2, -0.15) is 4.31 Å². The molecule has 112 valence electrons. The highest BCUT2D eigenvalue weighted by Crippen LogP contribution is 2.25. The van der Waals surface area contributed by atoms with Gasteiger partial charge in [0, 0.05) is 25.1 Å². The van der Waals surface area contributed by atoms with Crippen molar-refractivity contribution in [2.45, 2.75) is 51.3 Å². The summed E-state index contributed by atoms with van der Waals surface area (Å²) in [5.41, 5.74) is 0.412. The zero-order valence-electron chi connectivity index (χ0n) is 11.8. The van der Waals surface area contributed by atoms with Crippen molar-refractivity contribution in [3.8, 4) is 0 Å². The second kappa shape index (κ2) is 6.05. The number of piperidine rings is 1. The molecule has 1 aromatic heterocycles. The van der Waals surface area contributed by atoms with Gasteiger partial charge in [-0.15, -0.1) is 0 Å². The summed E-state index contributed by atoms with van der Waals surface area (Å²) in [7, 11) is -3.46. The van der Waals surface area contributed by atoms with Crippen LogP contribution in [0.15, 0.2) is 10.6 Å². The van der Waals surface area contributed by atoms with E-state index in [1.807, 2.05) is 0 Å². The second-order valence-electron chi connectivity index (χ2n) is 5.35. The van der Waals surface area contributed by atoms with Gasteiger partial charge in [0.15, 0.2) is 0 Å². The first-order chi connectivity index (χ1) is 9.38. The highest BCUT2D eigenvalue weighted by molar-refractivity contribution is 7.88. The van der Waals surface area contributed by atoms with Crippen molar-refractivity contribution in [2.75, 3.05) is 6.54 Å². The van der Waals surface area contributed by atoms with Gasteiger partial charge >= 0.3 is 0 Å². The topological polar surface area (TPSA) is 80.5 Å². The maximum Gasteiger partial charge on any atom is 0.220 e. The fourth-order valence-electron chi connectivity index (χ4n) is 2.63. The van der Waals surface area contributed by atoms with Crippen LogP contribution < -0.4 is 0 Å². The third-order valence-electron chi connectivity index (χ3n) is 3.46. The lowest BCUT2D eigenvalue weighted by molar-refractivity contribution is -0.118. The van der Waals surface area contributed by atoms with Gasteiger partial charge in [0.2, 0.25) is 10.0 Å². The van der Waals surface area contributed by atoms with Crippen LogP contribution in [0.25, 0.3) is 0 Å². The number of hydrogen-bond acceptors (Lipinski definition) is 5. The smallest absolute Gasteiger partial charge is 0.220 e. The quantitative estimate of drug-likeness (QED) is 0.826. The van der Waals surface area contributed by atoms with E-state index in [1.54, 1.807) is 13.0 Å². The molecular weight excluding hydrogens is 280 g/mol. The van der Waals surface area contributed by atoms with Crippen LogP contribution in [0.1, 0.15) is 44.1 Å². The first kappa shape index (κ1) is 15.2. The standard InChI is InChI=1S/C13H20N2O4S/c1-10(16)7-13-5-3-4-6-15(13)20(17,18)9-12-8-11(2)19-14-12/h8,13H,3-7,9H2,1-2H3. The highest BCUT2D eigenvalue weighted by atomic mass is 32.2. The third kappa shape index (κ3) is 3.67. The first-order valence-corrected chi connectivity index (χ1v) is 8.40. The van der Waals surface area contributed by atoms with Gasteiger partial charge in [-0.1, -0.05) is 11.6 Å². The van der Waals surface area contributed by atoms with Crippen LogP contribution in [0.4, 0.5) is 0 Å². The fraction of sp³-hybridized carbons (Fsp3) is 0.692. The summed E-state index contributed by atoms with van der Waals surface area (Å²) in [5, 5.41) is 3.73. The third-order valence-corrected chi connectivity index (χ3v) is 5.32. The molecule has 1 aliphatic heterocycles. The van der Waals surface area contributed by atoms with E-state index in [1.165, 1.54) is 11.2 Å². The van der Waals surface area contributed by atoms with Crippen LogP contribution in [0.5, 0.6) is 0 Å². The summed E-state index contributed by atoms with van der Waals surface area (Å²) >= 11 is 0. The Hall–Kier alpha value is -1.21. The van der Waals surface area contributed by atoms with Gasteiger partial charge in [-0.25, -0.2) is 8.42 Å². The molecule has 1 unspecified atom stereocenters. The minimum atomic E-state index is -3.46. The average Bonchev–Trinajstić information content (AvgIpc) is 2.73. The molecule has 2 heterocycles. The van der Waals surface area contributed by atoms with E-state index < -0.39 is 10.0 Å². The number of ketones is 1. The number of Topliss-reactive ketones (excluding diaryl/α,β-unsaturated/α-hetero) is 1. The maximum absolute atomic E-state index is 12.5. The number of sulfonamides is 1. The van der Waals surface area contributed by atoms with Crippen LogP contribution in [-0.4, -0.2) is 36.2 Å². The molecule has 20 heavy (non-hydrogen) atoms. The Kier molecular flexibility index (Phi) is 4.59. The monoisotopic (exact) mass is 300 g/mol. The summed E-state index contributed by atoms with van der Waals surface area (Å²) < 4.78 is 31.4. The van der Waals surface area contributed by atoms with Gasteiger partial charge in [0.1, 0.15) is 23.0 Å². The van der Waals surface area contributed by atoms with Gasteiger partial charge < -0.3 is 4.52 Å². The molecule has 7 heteroatoms. The molecule has 0 N–H and O–H groups in total. The number of nitrogens with zero attached hydrogens (tertiary/aromatic N) is 2. The van der Waals surface area contributed by atoms with E-state index in [2.05, 4.69) is 5.16 Å². The SMILES string of the molecule is CC(=O)CC1CCCCN1S(=O)(=O)Cc1cc(C)on1. The largest absolute Gasteiger partial charge is 0.361 e. The van der Waals surface area contributed by atoms with E-state index in [-0.39, 0.29) is 24.0 Å². The second-order valence-corrected chi connectivity index (χ2v) is 7.27. The Morgan fingerprint density at radius 1 is 1.50 bits per heavy atom. The van der Waals surface area contributed by atoms with Gasteiger partial charge in [0.05, 0.1) is 0 Å². The van der Waals surface area contributed by atoms with Crippen molar-refractivity contribution in [1.29, 1.82) is 0 Å². The summed E-state index contributed by atoms with van der Waals surface area (Å²) in [4.78, 5) is 11.3. The van der Waals surface area contributed by atoms with Crippen molar-refractivity contribution in [3.05, 3.63) is 17.5 Å². The molecule has 6 nitrogen and oxygen atoms in total. The Bertz CT molecular complexity index is 579. The molecule has 1 saturated heterocycles. The van der Waals surface area contributed by atoms with Gasteiger partial charge in [0.25, 0.3) is 0 Å². The lowest BCUT2D eigenvalue weighted by atomic mass is 10.0. The van der Waals surface area contributed by atoms with Crippen molar-refractivity contribution in [1.82, 2.24) is 9.46 Å². The molecule has 1 atom stereocenters. The van der Waals surface area contributed by atoms with E-state index in [0.29, 0.717) is 18.0 Å². The van der Waals surface area contributed by atoms with Gasteiger partial charge in [-0.3, -0.25) is 4.79 Å².